The molecule has 5 nitrogen and oxygen atoms in total. The van der Waals surface area contributed by atoms with E-state index in [2.05, 4.69) is 48.7 Å². The minimum atomic E-state index is -2.30. The summed E-state index contributed by atoms with van der Waals surface area (Å²) in [6.45, 7) is 15.6. The van der Waals surface area contributed by atoms with Crippen LogP contribution in [0, 0.1) is 3.57 Å². The minimum Gasteiger partial charge on any atom is -0.518 e. The zero-order valence-corrected chi connectivity index (χ0v) is 20.8. The highest BCUT2D eigenvalue weighted by molar-refractivity contribution is 14.1. The Labute approximate surface area is 177 Å². The summed E-state index contributed by atoms with van der Waals surface area (Å²) in [5, 5.41) is 2.59. The summed E-state index contributed by atoms with van der Waals surface area (Å²) >= 11 is 2.23. The SMILES string of the molecule is CC(C)(C)OC(=O)N[C@@H](Cc1ccc(I)cc1)C(=O)O[Si](C)(C)C(C)(C)C. The molecule has 1 aromatic rings. The third kappa shape index (κ3) is 8.21. The molecule has 0 aromatic heterocycles. The van der Waals surface area contributed by atoms with Gasteiger partial charge in [0.1, 0.15) is 11.6 Å². The maximum Gasteiger partial charge on any atom is 0.408 e. The molecular weight excluding hydrogens is 473 g/mol. The number of ether oxygens (including phenoxy) is 1. The van der Waals surface area contributed by atoms with E-state index in [0.717, 1.165) is 9.13 Å². The van der Waals surface area contributed by atoms with Gasteiger partial charge < -0.3 is 14.5 Å². The van der Waals surface area contributed by atoms with Crippen molar-refractivity contribution in [1.29, 1.82) is 0 Å². The molecule has 7 heteroatoms. The number of hydrogen-bond donors (Lipinski definition) is 1. The van der Waals surface area contributed by atoms with Crippen molar-refractivity contribution in [2.75, 3.05) is 0 Å². The third-order valence-corrected chi connectivity index (χ3v) is 9.53. The van der Waals surface area contributed by atoms with E-state index in [4.69, 9.17) is 9.16 Å². The number of carbonyl (C=O) groups excluding carboxylic acids is 2. The van der Waals surface area contributed by atoms with E-state index < -0.39 is 32.0 Å². The van der Waals surface area contributed by atoms with Crippen LogP contribution >= 0.6 is 22.6 Å². The zero-order chi connectivity index (χ0) is 21.0. The van der Waals surface area contributed by atoms with Crippen molar-refractivity contribution in [2.45, 2.75) is 77.7 Å². The average Bonchev–Trinajstić information content (AvgIpc) is 2.45. The van der Waals surface area contributed by atoms with Crippen molar-refractivity contribution < 1.29 is 18.8 Å². The second kappa shape index (κ2) is 8.94. The molecule has 0 saturated heterocycles. The largest absolute Gasteiger partial charge is 0.518 e. The molecular formula is C20H32INO4Si. The predicted molar refractivity (Wildman–Crippen MR) is 119 cm³/mol. The Bertz CT molecular complexity index is 660. The van der Waals surface area contributed by atoms with Crippen LogP contribution < -0.4 is 5.32 Å². The predicted octanol–water partition coefficient (Wildman–Crippen LogP) is 5.28. The summed E-state index contributed by atoms with van der Waals surface area (Å²) in [4.78, 5) is 25.2. The van der Waals surface area contributed by atoms with Gasteiger partial charge in [-0.05, 0) is 79.2 Å². The smallest absolute Gasteiger partial charge is 0.408 e. The maximum atomic E-state index is 12.9. The van der Waals surface area contributed by atoms with Gasteiger partial charge in [-0.2, -0.15) is 0 Å². The fourth-order valence-corrected chi connectivity index (χ4v) is 3.29. The molecule has 1 rings (SSSR count). The quantitative estimate of drug-likeness (QED) is 0.437. The van der Waals surface area contributed by atoms with Crippen LogP contribution in [0.5, 0.6) is 0 Å². The molecule has 0 unspecified atom stereocenters. The fourth-order valence-electron chi connectivity index (χ4n) is 1.97. The molecule has 0 radical (unpaired) electrons. The van der Waals surface area contributed by atoms with Crippen LogP contribution in [-0.2, 0) is 20.4 Å². The van der Waals surface area contributed by atoms with Crippen LogP contribution in [0.15, 0.2) is 24.3 Å². The molecule has 0 aliphatic rings. The fraction of sp³-hybridized carbons (Fsp3) is 0.600. The molecule has 0 heterocycles. The van der Waals surface area contributed by atoms with E-state index in [1.54, 1.807) is 20.8 Å². The van der Waals surface area contributed by atoms with Gasteiger partial charge in [0.05, 0.1) is 0 Å². The summed E-state index contributed by atoms with van der Waals surface area (Å²) < 4.78 is 12.4. The standard InChI is InChI=1S/C20H32INO4Si/c1-19(2,3)25-18(24)22-16(13-14-9-11-15(21)12-10-14)17(23)26-27(7,8)20(4,5)6/h9-12,16H,13H2,1-8H3,(H,22,24)/t16-/m0/s1. The Morgan fingerprint density at radius 2 is 1.59 bits per heavy atom. The second-order valence-electron chi connectivity index (χ2n) is 9.21. The van der Waals surface area contributed by atoms with Crippen molar-refractivity contribution in [3.05, 3.63) is 33.4 Å². The Morgan fingerprint density at radius 3 is 2.04 bits per heavy atom. The first kappa shape index (κ1) is 23.9. The number of rotatable bonds is 5. The van der Waals surface area contributed by atoms with Crippen LogP contribution in [-0.4, -0.2) is 32.0 Å². The van der Waals surface area contributed by atoms with E-state index in [1.165, 1.54) is 0 Å². The first-order valence-corrected chi connectivity index (χ1v) is 13.1. The third-order valence-electron chi connectivity index (χ3n) is 4.49. The summed E-state index contributed by atoms with van der Waals surface area (Å²) in [7, 11) is -2.30. The first-order valence-electron chi connectivity index (χ1n) is 9.07. The minimum absolute atomic E-state index is 0.109. The molecule has 0 saturated carbocycles. The highest BCUT2D eigenvalue weighted by Gasteiger charge is 2.42. The summed E-state index contributed by atoms with van der Waals surface area (Å²) in [5.41, 5.74) is 0.310. The molecule has 0 aliphatic carbocycles. The van der Waals surface area contributed by atoms with Crippen LogP contribution in [0.25, 0.3) is 0 Å². The lowest BCUT2D eigenvalue weighted by Crippen LogP contribution is -2.51. The second-order valence-corrected chi connectivity index (χ2v) is 15.2. The van der Waals surface area contributed by atoms with E-state index in [9.17, 15) is 9.59 Å². The lowest BCUT2D eigenvalue weighted by molar-refractivity contribution is -0.137. The van der Waals surface area contributed by atoms with Gasteiger partial charge >= 0.3 is 12.1 Å². The molecule has 0 aliphatic heterocycles. The summed E-state index contributed by atoms with van der Waals surface area (Å²) in [6.07, 6.45) is -0.269. The number of amides is 1. The van der Waals surface area contributed by atoms with Crippen LogP contribution in [0.3, 0.4) is 0 Å². The first-order chi connectivity index (χ1) is 12.1. The van der Waals surface area contributed by atoms with E-state index in [0.29, 0.717) is 6.42 Å². The molecule has 1 N–H and O–H groups in total. The summed E-state index contributed by atoms with van der Waals surface area (Å²) in [5.74, 6) is -0.411. The van der Waals surface area contributed by atoms with Crippen molar-refractivity contribution in [3.63, 3.8) is 0 Å². The lowest BCUT2D eigenvalue weighted by atomic mass is 10.1. The molecule has 1 aromatic carbocycles. The van der Waals surface area contributed by atoms with Crippen molar-refractivity contribution in [2.24, 2.45) is 0 Å². The molecule has 0 bridgehead atoms. The lowest BCUT2D eigenvalue weighted by Gasteiger charge is -2.36. The van der Waals surface area contributed by atoms with Crippen LogP contribution in [0.1, 0.15) is 47.1 Å². The van der Waals surface area contributed by atoms with Gasteiger partial charge in [0.2, 0.25) is 0 Å². The molecule has 1 atom stereocenters. The van der Waals surface area contributed by atoms with Gasteiger partial charge in [-0.1, -0.05) is 32.9 Å². The Morgan fingerprint density at radius 1 is 1.07 bits per heavy atom. The highest BCUT2D eigenvalue weighted by Crippen LogP contribution is 2.36. The molecule has 0 fully saturated rings. The van der Waals surface area contributed by atoms with E-state index >= 15 is 0 Å². The van der Waals surface area contributed by atoms with Crippen LogP contribution in [0.4, 0.5) is 4.79 Å². The van der Waals surface area contributed by atoms with Gasteiger partial charge in [-0.25, -0.2) is 4.79 Å². The maximum absolute atomic E-state index is 12.9. The monoisotopic (exact) mass is 505 g/mol. The van der Waals surface area contributed by atoms with E-state index in [1.807, 2.05) is 37.4 Å². The molecule has 1 amide bonds. The number of alkyl carbamates (subject to hydrolysis) is 1. The van der Waals surface area contributed by atoms with Gasteiger partial charge in [0, 0.05) is 9.99 Å². The normalized spacial score (nSPS) is 13.7. The Hall–Kier alpha value is -1.09. The number of hydrogen-bond acceptors (Lipinski definition) is 4. The van der Waals surface area contributed by atoms with Gasteiger partial charge in [0.25, 0.3) is 8.32 Å². The Balaban J connectivity index is 3.00. The highest BCUT2D eigenvalue weighted by atomic mass is 127. The van der Waals surface area contributed by atoms with Gasteiger partial charge in [-0.15, -0.1) is 0 Å². The number of halogens is 1. The Kier molecular flexibility index (Phi) is 7.93. The number of nitrogens with one attached hydrogen (secondary N) is 1. The number of benzene rings is 1. The van der Waals surface area contributed by atoms with E-state index in [-0.39, 0.29) is 5.04 Å². The zero-order valence-electron chi connectivity index (χ0n) is 17.6. The van der Waals surface area contributed by atoms with Crippen molar-refractivity contribution in [1.82, 2.24) is 5.32 Å². The summed E-state index contributed by atoms with van der Waals surface area (Å²) in [6, 6.07) is 7.05. The van der Waals surface area contributed by atoms with Crippen molar-refractivity contribution in [3.8, 4) is 0 Å². The molecule has 27 heavy (non-hydrogen) atoms. The molecule has 0 spiro atoms. The number of carbonyl (C=O) groups is 2. The van der Waals surface area contributed by atoms with Crippen LogP contribution in [0.2, 0.25) is 18.1 Å². The van der Waals surface area contributed by atoms with Crippen molar-refractivity contribution >= 4 is 43.0 Å². The molecule has 152 valence electrons. The topological polar surface area (TPSA) is 64.6 Å². The van der Waals surface area contributed by atoms with Gasteiger partial charge in [-0.3, -0.25) is 4.79 Å². The van der Waals surface area contributed by atoms with Gasteiger partial charge in [0.15, 0.2) is 0 Å². The average molecular weight is 505 g/mol.